The fourth-order valence-electron chi connectivity index (χ4n) is 2.17. The van der Waals surface area contributed by atoms with E-state index in [0.29, 0.717) is 5.56 Å². The molecule has 0 aliphatic carbocycles. The van der Waals surface area contributed by atoms with Gasteiger partial charge in [-0.15, -0.1) is 0 Å². The minimum absolute atomic E-state index is 0.0194. The Kier molecular flexibility index (Phi) is 8.18. The number of benzene rings is 2. The molecule has 0 amide bonds. The molecule has 0 saturated heterocycles. The summed E-state index contributed by atoms with van der Waals surface area (Å²) in [4.78, 5) is 42.3. The van der Waals surface area contributed by atoms with Gasteiger partial charge < -0.3 is 20.4 Å². The van der Waals surface area contributed by atoms with Gasteiger partial charge >= 0.3 is 23.9 Å². The summed E-state index contributed by atoms with van der Waals surface area (Å²) in [7, 11) is 0. The third-order valence-corrected chi connectivity index (χ3v) is 3.51. The van der Waals surface area contributed by atoms with Crippen LogP contribution in [0, 0.1) is 5.92 Å². The molecular weight excluding hydrogens is 356 g/mol. The molecule has 27 heavy (non-hydrogen) atoms. The van der Waals surface area contributed by atoms with Crippen LogP contribution in [0.2, 0.25) is 0 Å². The highest BCUT2D eigenvalue weighted by molar-refractivity contribution is 5.98. The average Bonchev–Trinajstić information content (AvgIpc) is 2.61. The molecule has 0 unspecified atom stereocenters. The SMILES string of the molecule is O=C(O)C(C(=O)O)c1ccccc1.O=C(O)C(Cc1ccccc1)C(=O)O. The van der Waals surface area contributed by atoms with Crippen molar-refractivity contribution in [2.75, 3.05) is 0 Å². The first kappa shape index (κ1) is 21.4. The molecule has 0 aromatic heterocycles. The van der Waals surface area contributed by atoms with E-state index in [4.69, 9.17) is 20.4 Å². The van der Waals surface area contributed by atoms with Gasteiger partial charge in [-0.1, -0.05) is 60.7 Å². The standard InChI is InChI=1S/C10H10O4.C9H8O4/c11-9(12)8(10(13)14)6-7-4-2-1-3-5-7;10-8(11)7(9(12)13)6-4-2-1-3-5-6/h1-5,8H,6H2,(H,11,12)(H,13,14);1-5,7H,(H,10,11)(H,12,13). The van der Waals surface area contributed by atoms with E-state index in [0.717, 1.165) is 0 Å². The lowest BCUT2D eigenvalue weighted by Crippen LogP contribution is -2.25. The summed E-state index contributed by atoms with van der Waals surface area (Å²) in [5.41, 5.74) is 0.991. The van der Waals surface area contributed by atoms with Crippen molar-refractivity contribution < 1.29 is 39.6 Å². The first-order valence-corrected chi connectivity index (χ1v) is 7.74. The zero-order valence-corrected chi connectivity index (χ0v) is 14.1. The molecule has 0 bridgehead atoms. The van der Waals surface area contributed by atoms with Gasteiger partial charge in [0.25, 0.3) is 0 Å². The Morgan fingerprint density at radius 1 is 0.630 bits per heavy atom. The van der Waals surface area contributed by atoms with E-state index in [1.165, 1.54) is 12.1 Å². The molecule has 0 radical (unpaired) electrons. The number of aliphatic carboxylic acids is 4. The van der Waals surface area contributed by atoms with Gasteiger partial charge in [-0.3, -0.25) is 19.2 Å². The van der Waals surface area contributed by atoms with E-state index >= 15 is 0 Å². The lowest BCUT2D eigenvalue weighted by Gasteiger charge is -2.06. The molecule has 2 rings (SSSR count). The molecule has 8 heteroatoms. The van der Waals surface area contributed by atoms with E-state index in [9.17, 15) is 19.2 Å². The highest BCUT2D eigenvalue weighted by Crippen LogP contribution is 2.15. The smallest absolute Gasteiger partial charge is 0.322 e. The predicted octanol–water partition coefficient (Wildman–Crippen LogP) is 1.95. The second-order valence-corrected chi connectivity index (χ2v) is 5.44. The van der Waals surface area contributed by atoms with Crippen molar-refractivity contribution in [2.45, 2.75) is 12.3 Å². The van der Waals surface area contributed by atoms with Crippen LogP contribution in [-0.4, -0.2) is 44.3 Å². The van der Waals surface area contributed by atoms with E-state index in [2.05, 4.69) is 0 Å². The molecule has 0 atom stereocenters. The molecule has 0 fully saturated rings. The van der Waals surface area contributed by atoms with Crippen molar-refractivity contribution in [3.8, 4) is 0 Å². The van der Waals surface area contributed by atoms with Gasteiger partial charge in [0.1, 0.15) is 0 Å². The molecule has 0 saturated carbocycles. The monoisotopic (exact) mass is 374 g/mol. The topological polar surface area (TPSA) is 149 Å². The predicted molar refractivity (Wildman–Crippen MR) is 93.4 cm³/mol. The normalized spacial score (nSPS) is 10.0. The Bertz CT molecular complexity index is 758. The van der Waals surface area contributed by atoms with Crippen LogP contribution >= 0.6 is 0 Å². The van der Waals surface area contributed by atoms with Crippen LogP contribution in [0.15, 0.2) is 60.7 Å². The molecule has 2 aromatic carbocycles. The van der Waals surface area contributed by atoms with Gasteiger partial charge in [0.05, 0.1) is 0 Å². The summed E-state index contributed by atoms with van der Waals surface area (Å²) >= 11 is 0. The minimum atomic E-state index is -1.47. The van der Waals surface area contributed by atoms with Crippen LogP contribution < -0.4 is 0 Å². The highest BCUT2D eigenvalue weighted by Gasteiger charge is 2.27. The highest BCUT2D eigenvalue weighted by atomic mass is 16.4. The Morgan fingerprint density at radius 2 is 1.04 bits per heavy atom. The van der Waals surface area contributed by atoms with Crippen LogP contribution in [0.5, 0.6) is 0 Å². The van der Waals surface area contributed by atoms with E-state index in [-0.39, 0.29) is 12.0 Å². The number of hydrogen-bond acceptors (Lipinski definition) is 4. The third-order valence-electron chi connectivity index (χ3n) is 3.51. The van der Waals surface area contributed by atoms with Gasteiger partial charge in [-0.2, -0.15) is 0 Å². The Labute approximate surface area is 154 Å². The van der Waals surface area contributed by atoms with Gasteiger partial charge in [-0.05, 0) is 17.5 Å². The molecule has 0 aliphatic rings. The van der Waals surface area contributed by atoms with E-state index < -0.39 is 35.7 Å². The fraction of sp³-hybridized carbons (Fsp3) is 0.158. The third kappa shape index (κ3) is 6.99. The lowest BCUT2D eigenvalue weighted by atomic mass is 10.00. The Balaban J connectivity index is 0.000000271. The van der Waals surface area contributed by atoms with Gasteiger partial charge in [0.15, 0.2) is 11.8 Å². The van der Waals surface area contributed by atoms with Crippen molar-refractivity contribution >= 4 is 23.9 Å². The first-order chi connectivity index (χ1) is 12.7. The lowest BCUT2D eigenvalue weighted by molar-refractivity contribution is -0.155. The van der Waals surface area contributed by atoms with Crippen molar-refractivity contribution in [1.29, 1.82) is 0 Å². The molecule has 142 valence electrons. The molecule has 4 N–H and O–H groups in total. The summed E-state index contributed by atoms with van der Waals surface area (Å²) in [6.07, 6.45) is 0.0194. The number of carbonyl (C=O) groups is 4. The number of carboxylic acids is 4. The van der Waals surface area contributed by atoms with Crippen LogP contribution in [0.25, 0.3) is 0 Å². The quantitative estimate of drug-likeness (QED) is 0.537. The van der Waals surface area contributed by atoms with Crippen LogP contribution in [0.1, 0.15) is 17.0 Å². The molecule has 0 spiro atoms. The Hall–Kier alpha value is -3.68. The van der Waals surface area contributed by atoms with Crippen molar-refractivity contribution in [3.05, 3.63) is 71.8 Å². The summed E-state index contributed by atoms with van der Waals surface area (Å²) < 4.78 is 0. The van der Waals surface area contributed by atoms with Gasteiger partial charge in [-0.25, -0.2) is 0 Å². The fourth-order valence-corrected chi connectivity index (χ4v) is 2.17. The van der Waals surface area contributed by atoms with Crippen molar-refractivity contribution in [3.63, 3.8) is 0 Å². The minimum Gasteiger partial charge on any atom is -0.481 e. The van der Waals surface area contributed by atoms with Gasteiger partial charge in [0, 0.05) is 0 Å². The molecule has 0 aliphatic heterocycles. The summed E-state index contributed by atoms with van der Waals surface area (Å²) in [5.74, 6) is -8.14. The zero-order valence-electron chi connectivity index (χ0n) is 14.1. The second-order valence-electron chi connectivity index (χ2n) is 5.44. The summed E-state index contributed by atoms with van der Waals surface area (Å²) in [5, 5.41) is 34.5. The van der Waals surface area contributed by atoms with E-state index in [1.807, 2.05) is 0 Å². The first-order valence-electron chi connectivity index (χ1n) is 7.74. The van der Waals surface area contributed by atoms with E-state index in [1.54, 1.807) is 48.5 Å². The maximum Gasteiger partial charge on any atom is 0.322 e. The van der Waals surface area contributed by atoms with Crippen LogP contribution in [-0.2, 0) is 25.6 Å². The molecule has 8 nitrogen and oxygen atoms in total. The summed E-state index contributed by atoms with van der Waals surface area (Å²) in [6, 6.07) is 16.6. The van der Waals surface area contributed by atoms with Crippen LogP contribution in [0.3, 0.4) is 0 Å². The average molecular weight is 374 g/mol. The number of rotatable bonds is 7. The molecule has 2 aromatic rings. The Morgan fingerprint density at radius 3 is 1.41 bits per heavy atom. The number of hydrogen-bond donors (Lipinski definition) is 4. The maximum absolute atomic E-state index is 10.6. The largest absolute Gasteiger partial charge is 0.481 e. The van der Waals surface area contributed by atoms with Crippen molar-refractivity contribution in [1.82, 2.24) is 0 Å². The van der Waals surface area contributed by atoms with Crippen LogP contribution in [0.4, 0.5) is 0 Å². The maximum atomic E-state index is 10.6. The second kappa shape index (κ2) is 10.3. The molecular formula is C19H18O8. The van der Waals surface area contributed by atoms with Gasteiger partial charge in [0.2, 0.25) is 0 Å². The zero-order chi connectivity index (χ0) is 20.4. The number of carboxylic acid groups (broad SMARTS) is 4. The van der Waals surface area contributed by atoms with Crippen molar-refractivity contribution in [2.24, 2.45) is 5.92 Å². The summed E-state index contributed by atoms with van der Waals surface area (Å²) in [6.45, 7) is 0. The molecule has 0 heterocycles.